The third-order valence-electron chi connectivity index (χ3n) is 24.8. The number of nitrogens with zero attached hydrogens (tertiary/aromatic N) is 6. The van der Waals surface area contributed by atoms with Crippen molar-refractivity contribution in [3.05, 3.63) is 410 Å². The second-order valence-electron chi connectivity index (χ2n) is 31.9. The van der Waals surface area contributed by atoms with Crippen molar-refractivity contribution in [3.8, 4) is 84.3 Å². The molecule has 0 saturated heterocycles. The summed E-state index contributed by atoms with van der Waals surface area (Å²) < 4.78 is 12.1. The molecule has 1 radical (unpaired) electrons. The largest absolute Gasteiger partial charge is 0.340 e. The Balaban J connectivity index is 0.00000881. The van der Waals surface area contributed by atoms with Gasteiger partial charge >= 0.3 is 0 Å². The van der Waals surface area contributed by atoms with Crippen LogP contribution in [-0.4, -0.2) is 27.8 Å². The number of hydrogen-bond donors (Lipinski definition) is 0. The molecule has 0 aliphatic heterocycles. The van der Waals surface area contributed by atoms with E-state index in [9.17, 15) is 0 Å². The molecule has 565 valence electrons. The number of para-hydroxylation sites is 4. The van der Waals surface area contributed by atoms with Crippen molar-refractivity contribution in [2.24, 2.45) is 0 Å². The fourth-order valence-electron chi connectivity index (χ4n) is 19.4. The van der Waals surface area contributed by atoms with E-state index in [1.54, 1.807) is 0 Å². The van der Waals surface area contributed by atoms with Crippen LogP contribution >= 0.6 is 0 Å². The van der Waals surface area contributed by atoms with Gasteiger partial charge in [-0.2, -0.15) is 0 Å². The zero-order chi connectivity index (χ0) is 77.6. The van der Waals surface area contributed by atoms with Crippen LogP contribution in [0.5, 0.6) is 0 Å². The molecule has 117 heavy (non-hydrogen) atoms. The van der Waals surface area contributed by atoms with Gasteiger partial charge in [-0.15, -0.1) is 35.4 Å². The smallest absolute Gasteiger partial charge is 0.0602 e. The Morgan fingerprint density at radius 2 is 0.675 bits per heavy atom. The second kappa shape index (κ2) is 30.1. The minimum absolute atomic E-state index is 0. The van der Waals surface area contributed by atoms with Gasteiger partial charge < -0.3 is 22.8 Å². The predicted molar refractivity (Wildman–Crippen MR) is 487 cm³/mol. The molecule has 21 rings (SSSR count). The molecule has 0 bridgehead atoms. The summed E-state index contributed by atoms with van der Waals surface area (Å²) in [6.07, 6.45) is 6.89. The number of benzene rings is 16. The van der Waals surface area contributed by atoms with Crippen LogP contribution in [0.1, 0.15) is 84.2 Å². The Morgan fingerprint density at radius 3 is 1.10 bits per heavy atom. The molecular weight excluding hydrogens is 1600 g/mol. The molecule has 5 aromatic heterocycles. The van der Waals surface area contributed by atoms with Crippen molar-refractivity contribution < 1.29 is 20.1 Å². The van der Waals surface area contributed by atoms with E-state index >= 15 is 0 Å². The Labute approximate surface area is 695 Å². The molecule has 0 saturated carbocycles. The Bertz CT molecular complexity index is 7370. The predicted octanol–water partition coefficient (Wildman–Crippen LogP) is 29.2. The van der Waals surface area contributed by atoms with E-state index in [-0.39, 0.29) is 37.9 Å². The van der Waals surface area contributed by atoms with Crippen LogP contribution < -0.4 is 0 Å². The number of rotatable bonds is 18. The number of fused-ring (bicyclic) bond motifs is 12. The minimum Gasteiger partial charge on any atom is -0.340 e. The van der Waals surface area contributed by atoms with Crippen molar-refractivity contribution in [1.29, 1.82) is 0 Å². The molecule has 0 aliphatic carbocycles. The summed E-state index contributed by atoms with van der Waals surface area (Å²) in [5.41, 5.74) is 33.5. The van der Waals surface area contributed by atoms with E-state index in [0.717, 1.165) is 47.7 Å². The topological polar surface area (TPSA) is 37.5 Å². The first-order chi connectivity index (χ1) is 57.1. The third-order valence-corrected chi connectivity index (χ3v) is 24.8. The first kappa shape index (κ1) is 72.5. The van der Waals surface area contributed by atoms with Gasteiger partial charge in [0.1, 0.15) is 0 Å². The first-order valence-corrected chi connectivity index (χ1v) is 40.9. The summed E-state index contributed by atoms with van der Waals surface area (Å²) in [7, 11) is 0. The second-order valence-corrected chi connectivity index (χ2v) is 31.9. The van der Waals surface area contributed by atoms with Gasteiger partial charge in [0.2, 0.25) is 0 Å². The zero-order valence-corrected chi connectivity index (χ0v) is 68.5. The number of hydrogen-bond acceptors (Lipinski definition) is 1. The Hall–Kier alpha value is -13.4. The van der Waals surface area contributed by atoms with Gasteiger partial charge in [0.15, 0.2) is 0 Å². The fourth-order valence-corrected chi connectivity index (χ4v) is 19.4. The standard InChI is InChI=1S/C110H85N6.Ir/c1-6-75(81-30-22-34-90(64-81)114-104-44-20-16-40-96(104)100-70-87(52-56-108(100)114)83-32-24-36-92(66-83)116-103-43-19-14-38-94(103)98-68-85(50-54-106(98)116)77-27-11-8-12-28-77)62-88(78-45-47-79(48-46-78)110-111-57-58-112(110)109-73(4)59-71(2)60-74(109)5)61-72(3)80-29-21-33-89(63-80)113-101-41-17-15-39-95(101)99-69-86(51-55-107(99)113)82-31-23-35-91(65-82)115-102-42-18-13-37-93(102)97-67-84(49-53-105(97)115)76-25-9-7-10-26-76;/h7-47,49-60,63-70,72,75,88H,6,61-62H2,1-5H3;/q-1;. The molecule has 0 aliphatic rings. The molecule has 3 atom stereocenters. The number of imidazole rings is 1. The van der Waals surface area contributed by atoms with Crippen LogP contribution in [0, 0.1) is 26.8 Å². The van der Waals surface area contributed by atoms with Gasteiger partial charge in [-0.1, -0.05) is 238 Å². The average Bonchev–Trinajstić information content (AvgIpc) is 1.60. The Kier molecular flexibility index (Phi) is 18.6. The first-order valence-electron chi connectivity index (χ1n) is 40.9. The van der Waals surface area contributed by atoms with Gasteiger partial charge in [0.05, 0.1) is 50.0 Å². The van der Waals surface area contributed by atoms with Gasteiger partial charge in [-0.05, 0) is 246 Å². The van der Waals surface area contributed by atoms with Crippen LogP contribution in [0.25, 0.3) is 172 Å². The van der Waals surface area contributed by atoms with Gasteiger partial charge in [0, 0.05) is 104 Å². The quantitative estimate of drug-likeness (QED) is 0.0789. The summed E-state index contributed by atoms with van der Waals surface area (Å²) >= 11 is 0. The van der Waals surface area contributed by atoms with E-state index in [4.69, 9.17) is 4.98 Å². The molecule has 0 spiro atoms. The molecule has 6 nitrogen and oxygen atoms in total. The molecule has 3 unspecified atom stereocenters. The summed E-state index contributed by atoms with van der Waals surface area (Å²) in [5, 5.41) is 9.92. The fraction of sp³-hybridized carbons (Fsp3) is 0.100. The van der Waals surface area contributed by atoms with Crippen LogP contribution in [0.2, 0.25) is 0 Å². The van der Waals surface area contributed by atoms with Gasteiger partial charge in [-0.3, -0.25) is 4.98 Å². The van der Waals surface area contributed by atoms with E-state index in [2.05, 4.69) is 428 Å². The number of aryl methyl sites for hydroxylation is 3. The summed E-state index contributed by atoms with van der Waals surface area (Å²) in [5.74, 6) is 1.54. The normalized spacial score (nSPS) is 12.6. The maximum absolute atomic E-state index is 5.00. The number of aromatic nitrogens is 6. The van der Waals surface area contributed by atoms with Crippen molar-refractivity contribution in [3.63, 3.8) is 0 Å². The van der Waals surface area contributed by atoms with Crippen molar-refractivity contribution in [2.45, 2.75) is 71.6 Å². The van der Waals surface area contributed by atoms with Gasteiger partial charge in [0.25, 0.3) is 0 Å². The third kappa shape index (κ3) is 12.8. The Morgan fingerprint density at radius 1 is 0.308 bits per heavy atom. The van der Waals surface area contributed by atoms with E-state index in [0.29, 0.717) is 0 Å². The minimum atomic E-state index is 0. The summed E-state index contributed by atoms with van der Waals surface area (Å²) in [6, 6.07) is 137. The molecule has 16 aromatic carbocycles. The van der Waals surface area contributed by atoms with Crippen LogP contribution in [0.15, 0.2) is 370 Å². The molecule has 0 N–H and O–H groups in total. The van der Waals surface area contributed by atoms with Crippen molar-refractivity contribution >= 4 is 87.2 Å². The molecule has 7 heteroatoms. The van der Waals surface area contributed by atoms with Gasteiger partial charge in [-0.25, -0.2) is 0 Å². The van der Waals surface area contributed by atoms with E-state index in [1.165, 1.54) is 176 Å². The molecule has 0 amide bonds. The van der Waals surface area contributed by atoms with Crippen molar-refractivity contribution in [2.75, 3.05) is 0 Å². The maximum Gasteiger partial charge on any atom is 0.0602 e. The monoisotopic (exact) mass is 1680 g/mol. The van der Waals surface area contributed by atoms with Crippen molar-refractivity contribution in [1.82, 2.24) is 27.8 Å². The summed E-state index contributed by atoms with van der Waals surface area (Å²) in [4.78, 5) is 5.00. The summed E-state index contributed by atoms with van der Waals surface area (Å²) in [6.45, 7) is 11.4. The SMILES string of the molecule is CCC(CC(CC(C)c1cccc(-n2c3ccccc3c3cc(-c4cccc(-n5c6ccccc6c6cc(-c7ccccc7)ccc65)c4)ccc32)c1)c1c[c-]c(-c2nccn2-c2c(C)cc(C)cc2C)cc1)c1cccc(-n2c3ccccc3c3cc(-c4cccc(-n5c6ccccc6c6cc(-c7ccccc7)ccc65)c4)ccc32)c1.[Ir]. The van der Waals surface area contributed by atoms with Crippen LogP contribution in [-0.2, 0) is 20.1 Å². The average molecular weight is 1680 g/mol. The molecule has 0 fully saturated rings. The van der Waals surface area contributed by atoms with Crippen LogP contribution in [0.4, 0.5) is 0 Å². The van der Waals surface area contributed by atoms with E-state index < -0.39 is 0 Å². The maximum atomic E-state index is 5.00. The molecule has 21 aromatic rings. The van der Waals surface area contributed by atoms with E-state index in [1.807, 2.05) is 6.20 Å². The molecular formula is C110H85IrN6-. The molecule has 5 heterocycles. The zero-order valence-electron chi connectivity index (χ0n) is 66.1. The van der Waals surface area contributed by atoms with Crippen LogP contribution in [0.3, 0.4) is 0 Å².